The number of amides is 1. The van der Waals surface area contributed by atoms with Gasteiger partial charge in [-0.05, 0) is 18.6 Å². The van der Waals surface area contributed by atoms with E-state index in [-0.39, 0.29) is 11.8 Å². The van der Waals surface area contributed by atoms with Crippen molar-refractivity contribution in [3.05, 3.63) is 24.5 Å². The van der Waals surface area contributed by atoms with Crippen molar-refractivity contribution in [2.45, 2.75) is 20.3 Å². The number of nitrogens with one attached hydrogen (secondary N) is 1. The minimum Gasteiger partial charge on any atom is -0.300 e. The standard InChI is InChI=1S/C12H14N4OS/c1-3-8(2)10(17)14-12-16-15-11(18-12)9-5-4-6-13-7-9/h4-8H,3H2,1-2H3,(H,14,16,17)/t8-/m1/s1. The van der Waals surface area contributed by atoms with E-state index in [0.29, 0.717) is 5.13 Å². The van der Waals surface area contributed by atoms with Crippen LogP contribution in [0.2, 0.25) is 0 Å². The minimum atomic E-state index is -0.0219. The number of hydrogen-bond acceptors (Lipinski definition) is 5. The quantitative estimate of drug-likeness (QED) is 0.919. The molecule has 1 N–H and O–H groups in total. The second-order valence-corrected chi connectivity index (χ2v) is 4.93. The van der Waals surface area contributed by atoms with Crippen LogP contribution in [-0.2, 0) is 4.79 Å². The monoisotopic (exact) mass is 262 g/mol. The lowest BCUT2D eigenvalue weighted by atomic mass is 10.1. The number of hydrogen-bond donors (Lipinski definition) is 1. The van der Waals surface area contributed by atoms with Gasteiger partial charge in [-0.15, -0.1) is 10.2 Å². The van der Waals surface area contributed by atoms with E-state index in [1.807, 2.05) is 26.0 Å². The van der Waals surface area contributed by atoms with Crippen LogP contribution in [-0.4, -0.2) is 21.1 Å². The fourth-order valence-electron chi connectivity index (χ4n) is 1.29. The molecule has 2 rings (SSSR count). The molecule has 0 aromatic carbocycles. The topological polar surface area (TPSA) is 67.8 Å². The maximum absolute atomic E-state index is 11.7. The fourth-order valence-corrected chi connectivity index (χ4v) is 2.03. The van der Waals surface area contributed by atoms with Crippen LogP contribution in [0.1, 0.15) is 20.3 Å². The molecule has 6 heteroatoms. The van der Waals surface area contributed by atoms with Gasteiger partial charge in [0.1, 0.15) is 0 Å². The molecule has 0 saturated heterocycles. The molecule has 2 aromatic rings. The Balaban J connectivity index is 2.10. The third-order valence-corrected chi connectivity index (χ3v) is 3.51. The van der Waals surface area contributed by atoms with Gasteiger partial charge >= 0.3 is 0 Å². The van der Waals surface area contributed by atoms with Crippen LogP contribution in [0.15, 0.2) is 24.5 Å². The van der Waals surface area contributed by atoms with Gasteiger partial charge < -0.3 is 5.32 Å². The van der Waals surface area contributed by atoms with Crippen molar-refractivity contribution in [2.24, 2.45) is 5.92 Å². The van der Waals surface area contributed by atoms with Crippen LogP contribution in [0.3, 0.4) is 0 Å². The average Bonchev–Trinajstić information content (AvgIpc) is 2.87. The van der Waals surface area contributed by atoms with Crippen molar-refractivity contribution in [3.8, 4) is 10.6 Å². The Labute approximate surface area is 109 Å². The van der Waals surface area contributed by atoms with E-state index < -0.39 is 0 Å². The van der Waals surface area contributed by atoms with E-state index in [9.17, 15) is 4.79 Å². The van der Waals surface area contributed by atoms with E-state index in [2.05, 4.69) is 20.5 Å². The number of carbonyl (C=O) groups is 1. The highest BCUT2D eigenvalue weighted by atomic mass is 32.1. The van der Waals surface area contributed by atoms with Gasteiger partial charge in [0.05, 0.1) is 0 Å². The lowest BCUT2D eigenvalue weighted by Crippen LogP contribution is -2.19. The molecular weight excluding hydrogens is 248 g/mol. The first-order valence-electron chi connectivity index (χ1n) is 5.75. The summed E-state index contributed by atoms with van der Waals surface area (Å²) in [6.07, 6.45) is 4.23. The predicted molar refractivity (Wildman–Crippen MR) is 71.2 cm³/mol. The maximum atomic E-state index is 11.7. The number of carbonyl (C=O) groups excluding carboxylic acids is 1. The van der Waals surface area contributed by atoms with Crippen LogP contribution in [0.25, 0.3) is 10.6 Å². The average molecular weight is 262 g/mol. The molecule has 0 aliphatic heterocycles. The first kappa shape index (κ1) is 12.6. The molecule has 5 nitrogen and oxygen atoms in total. The lowest BCUT2D eigenvalue weighted by molar-refractivity contribution is -0.119. The molecule has 0 fully saturated rings. The summed E-state index contributed by atoms with van der Waals surface area (Å²) in [7, 11) is 0. The van der Waals surface area contributed by atoms with Crippen LogP contribution < -0.4 is 5.32 Å². The summed E-state index contributed by atoms with van der Waals surface area (Å²) in [5.74, 6) is -0.0397. The zero-order valence-corrected chi connectivity index (χ0v) is 11.1. The lowest BCUT2D eigenvalue weighted by Gasteiger charge is -2.06. The van der Waals surface area contributed by atoms with E-state index in [1.54, 1.807) is 12.4 Å². The number of aromatic nitrogens is 3. The second-order valence-electron chi connectivity index (χ2n) is 3.95. The fraction of sp³-hybridized carbons (Fsp3) is 0.333. The van der Waals surface area contributed by atoms with Crippen molar-refractivity contribution >= 4 is 22.4 Å². The van der Waals surface area contributed by atoms with Gasteiger partial charge in [0.15, 0.2) is 5.01 Å². The summed E-state index contributed by atoms with van der Waals surface area (Å²) in [6, 6.07) is 3.75. The molecule has 0 aliphatic carbocycles. The molecule has 0 unspecified atom stereocenters. The Morgan fingerprint density at radius 3 is 3.00 bits per heavy atom. The van der Waals surface area contributed by atoms with Crippen LogP contribution in [0.5, 0.6) is 0 Å². The summed E-state index contributed by atoms with van der Waals surface area (Å²) in [5.41, 5.74) is 0.902. The first-order valence-corrected chi connectivity index (χ1v) is 6.57. The van der Waals surface area contributed by atoms with E-state index >= 15 is 0 Å². The van der Waals surface area contributed by atoms with Crippen molar-refractivity contribution in [1.29, 1.82) is 0 Å². The first-order chi connectivity index (χ1) is 8.70. The molecule has 0 saturated carbocycles. The van der Waals surface area contributed by atoms with Gasteiger partial charge in [0, 0.05) is 23.9 Å². The second kappa shape index (κ2) is 5.68. The molecule has 0 aliphatic rings. The maximum Gasteiger partial charge on any atom is 0.229 e. The summed E-state index contributed by atoms with van der Waals surface area (Å²) in [5, 5.41) is 12.0. The van der Waals surface area contributed by atoms with Crippen molar-refractivity contribution < 1.29 is 4.79 Å². The molecule has 18 heavy (non-hydrogen) atoms. The molecule has 1 atom stereocenters. The molecule has 0 bridgehead atoms. The van der Waals surface area contributed by atoms with E-state index in [0.717, 1.165) is 17.0 Å². The molecule has 2 aromatic heterocycles. The number of pyridine rings is 1. The van der Waals surface area contributed by atoms with Crippen molar-refractivity contribution in [3.63, 3.8) is 0 Å². The SMILES string of the molecule is CC[C@@H](C)C(=O)Nc1nnc(-c2cccnc2)s1. The van der Waals surface area contributed by atoms with E-state index in [1.165, 1.54) is 11.3 Å². The highest BCUT2D eigenvalue weighted by Gasteiger charge is 2.13. The third kappa shape index (κ3) is 2.89. The Morgan fingerprint density at radius 1 is 1.50 bits per heavy atom. The highest BCUT2D eigenvalue weighted by Crippen LogP contribution is 2.25. The highest BCUT2D eigenvalue weighted by molar-refractivity contribution is 7.18. The van der Waals surface area contributed by atoms with E-state index in [4.69, 9.17) is 0 Å². The van der Waals surface area contributed by atoms with Gasteiger partial charge in [-0.2, -0.15) is 0 Å². The van der Waals surface area contributed by atoms with Gasteiger partial charge in [-0.3, -0.25) is 9.78 Å². The van der Waals surface area contributed by atoms with Crippen molar-refractivity contribution in [1.82, 2.24) is 15.2 Å². The van der Waals surface area contributed by atoms with Crippen LogP contribution in [0.4, 0.5) is 5.13 Å². The Kier molecular flexibility index (Phi) is 3.99. The van der Waals surface area contributed by atoms with Crippen LogP contribution >= 0.6 is 11.3 Å². The minimum absolute atomic E-state index is 0.0178. The summed E-state index contributed by atoms with van der Waals surface area (Å²) in [6.45, 7) is 3.86. The third-order valence-electron chi connectivity index (χ3n) is 2.62. The Morgan fingerprint density at radius 2 is 2.33 bits per heavy atom. The predicted octanol–water partition coefficient (Wildman–Crippen LogP) is 2.58. The zero-order valence-electron chi connectivity index (χ0n) is 10.3. The van der Waals surface area contributed by atoms with Gasteiger partial charge in [-0.25, -0.2) is 0 Å². The molecular formula is C12H14N4OS. The summed E-state index contributed by atoms with van der Waals surface area (Å²) in [4.78, 5) is 15.7. The van der Waals surface area contributed by atoms with Gasteiger partial charge in [0.25, 0.3) is 0 Å². The molecule has 0 spiro atoms. The van der Waals surface area contributed by atoms with Crippen LogP contribution in [0, 0.1) is 5.92 Å². The Bertz CT molecular complexity index is 526. The summed E-state index contributed by atoms with van der Waals surface area (Å²) < 4.78 is 0. The Hall–Kier alpha value is -1.82. The number of rotatable bonds is 4. The molecule has 2 heterocycles. The zero-order chi connectivity index (χ0) is 13.0. The largest absolute Gasteiger partial charge is 0.300 e. The van der Waals surface area contributed by atoms with Gasteiger partial charge in [0.2, 0.25) is 11.0 Å². The van der Waals surface area contributed by atoms with Gasteiger partial charge in [-0.1, -0.05) is 25.2 Å². The van der Waals surface area contributed by atoms with Crippen molar-refractivity contribution in [2.75, 3.05) is 5.32 Å². The molecule has 94 valence electrons. The number of nitrogens with zero attached hydrogens (tertiary/aromatic N) is 3. The molecule has 0 radical (unpaired) electrons. The molecule has 1 amide bonds. The smallest absolute Gasteiger partial charge is 0.229 e. The number of anilines is 1. The summed E-state index contributed by atoms with van der Waals surface area (Å²) >= 11 is 1.35. The normalized spacial score (nSPS) is 12.1.